The van der Waals surface area contributed by atoms with E-state index in [4.69, 9.17) is 0 Å². The Kier molecular flexibility index (Phi) is 4.68. The number of nitro benzene ring substituents is 1. The van der Waals surface area contributed by atoms with Gasteiger partial charge in [0.25, 0.3) is 5.69 Å². The summed E-state index contributed by atoms with van der Waals surface area (Å²) >= 11 is 0. The van der Waals surface area contributed by atoms with Crippen LogP contribution in [0.15, 0.2) is 77.8 Å². The molecule has 0 saturated heterocycles. The Morgan fingerprint density at radius 3 is 2.61 bits per heavy atom. The van der Waals surface area contributed by atoms with Crippen LogP contribution >= 0.6 is 0 Å². The molecule has 1 aromatic heterocycles. The number of fused-ring (bicyclic) bond motifs is 1. The zero-order chi connectivity index (χ0) is 19.5. The molecular weight excluding hydrogens is 352 g/mol. The highest BCUT2D eigenvalue weighted by molar-refractivity contribution is 5.88. The fourth-order valence-electron chi connectivity index (χ4n) is 3.19. The first-order chi connectivity index (χ1) is 13.6. The molecule has 0 radical (unpaired) electrons. The second kappa shape index (κ2) is 7.44. The fraction of sp³-hybridized carbons (Fsp3) is 0.0909. The van der Waals surface area contributed by atoms with Crippen molar-refractivity contribution in [3.05, 3.63) is 99.9 Å². The molecule has 0 bridgehead atoms. The van der Waals surface area contributed by atoms with Gasteiger partial charge in [0.15, 0.2) is 0 Å². The second-order valence-corrected chi connectivity index (χ2v) is 6.48. The molecule has 0 N–H and O–H groups in total. The molecule has 4 aromatic rings. The molecule has 0 atom stereocenters. The second-order valence-electron chi connectivity index (χ2n) is 6.48. The lowest BCUT2D eigenvalue weighted by Crippen LogP contribution is -2.01. The molecule has 4 rings (SSSR count). The highest BCUT2D eigenvalue weighted by Gasteiger charge is 2.11. The summed E-state index contributed by atoms with van der Waals surface area (Å²) in [6.45, 7) is 2.74. The zero-order valence-electron chi connectivity index (χ0n) is 15.3. The molecule has 1 heterocycles. The lowest BCUT2D eigenvalue weighted by Gasteiger charge is -2.07. The third-order valence-corrected chi connectivity index (χ3v) is 4.59. The van der Waals surface area contributed by atoms with Gasteiger partial charge in [-0.3, -0.25) is 15.1 Å². The third-order valence-electron chi connectivity index (χ3n) is 4.59. The molecule has 0 fully saturated rings. The summed E-state index contributed by atoms with van der Waals surface area (Å²) in [5.74, 6) is 0.929. The fourth-order valence-corrected chi connectivity index (χ4v) is 3.19. The molecular formula is C22H18N4O2. The van der Waals surface area contributed by atoms with Crippen molar-refractivity contribution in [1.82, 2.24) is 9.55 Å². The molecule has 6 heteroatoms. The van der Waals surface area contributed by atoms with Crippen molar-refractivity contribution in [3.63, 3.8) is 0 Å². The zero-order valence-corrected chi connectivity index (χ0v) is 15.3. The number of imidazole rings is 1. The van der Waals surface area contributed by atoms with Crippen LogP contribution in [0.25, 0.3) is 11.0 Å². The maximum absolute atomic E-state index is 11.1. The number of aryl methyl sites for hydroxylation is 1. The molecule has 28 heavy (non-hydrogen) atoms. The lowest BCUT2D eigenvalue weighted by molar-refractivity contribution is -0.385. The largest absolute Gasteiger partial charge is 0.324 e. The third kappa shape index (κ3) is 3.53. The van der Waals surface area contributed by atoms with E-state index in [1.807, 2.05) is 43.3 Å². The van der Waals surface area contributed by atoms with Crippen molar-refractivity contribution < 1.29 is 4.92 Å². The van der Waals surface area contributed by atoms with Crippen molar-refractivity contribution in [2.24, 2.45) is 4.99 Å². The van der Waals surface area contributed by atoms with Crippen molar-refractivity contribution in [2.75, 3.05) is 0 Å². The number of aromatic nitrogens is 2. The van der Waals surface area contributed by atoms with Crippen LogP contribution in [0.4, 0.5) is 11.4 Å². The van der Waals surface area contributed by atoms with Gasteiger partial charge in [-0.15, -0.1) is 0 Å². The normalized spacial score (nSPS) is 11.3. The van der Waals surface area contributed by atoms with Crippen LogP contribution in [0, 0.1) is 17.0 Å². The Morgan fingerprint density at radius 1 is 1.07 bits per heavy atom. The van der Waals surface area contributed by atoms with Crippen molar-refractivity contribution in [3.8, 4) is 0 Å². The van der Waals surface area contributed by atoms with Gasteiger partial charge in [-0.05, 0) is 36.8 Å². The summed E-state index contributed by atoms with van der Waals surface area (Å²) in [6.07, 6.45) is 1.52. The first kappa shape index (κ1) is 17.6. The lowest BCUT2D eigenvalue weighted by atomic mass is 10.2. The van der Waals surface area contributed by atoms with E-state index in [0.29, 0.717) is 11.3 Å². The molecule has 0 unspecified atom stereocenters. The number of nitro groups is 1. The Morgan fingerprint density at radius 2 is 1.82 bits per heavy atom. The van der Waals surface area contributed by atoms with Crippen LogP contribution in [-0.2, 0) is 6.54 Å². The number of aliphatic imine (C=N–C) groups is 1. The minimum Gasteiger partial charge on any atom is -0.324 e. The Labute approximate surface area is 162 Å². The summed E-state index contributed by atoms with van der Waals surface area (Å²) in [4.78, 5) is 19.8. The van der Waals surface area contributed by atoms with Crippen LogP contribution in [0.3, 0.4) is 0 Å². The van der Waals surface area contributed by atoms with E-state index < -0.39 is 4.92 Å². The minimum atomic E-state index is -0.404. The first-order valence-electron chi connectivity index (χ1n) is 8.90. The number of hydrogen-bond acceptors (Lipinski definition) is 4. The number of benzene rings is 3. The monoisotopic (exact) mass is 370 g/mol. The molecule has 6 nitrogen and oxygen atoms in total. The number of hydrogen-bond donors (Lipinski definition) is 0. The first-order valence-corrected chi connectivity index (χ1v) is 8.90. The average molecular weight is 370 g/mol. The van der Waals surface area contributed by atoms with E-state index in [0.717, 1.165) is 23.4 Å². The SMILES string of the molecule is Cc1nc2cc(N=Cc3ccccc3[N+](=O)[O-])ccc2n1Cc1ccccc1. The van der Waals surface area contributed by atoms with Gasteiger partial charge in [0.1, 0.15) is 5.82 Å². The van der Waals surface area contributed by atoms with Gasteiger partial charge >= 0.3 is 0 Å². The van der Waals surface area contributed by atoms with Gasteiger partial charge in [-0.1, -0.05) is 42.5 Å². The summed E-state index contributed by atoms with van der Waals surface area (Å²) < 4.78 is 2.17. The minimum absolute atomic E-state index is 0.0373. The summed E-state index contributed by atoms with van der Waals surface area (Å²) in [5, 5.41) is 11.1. The quantitative estimate of drug-likeness (QED) is 0.280. The van der Waals surface area contributed by atoms with Gasteiger partial charge in [-0.2, -0.15) is 0 Å². The molecule has 0 aliphatic rings. The highest BCUT2D eigenvalue weighted by Crippen LogP contribution is 2.24. The van der Waals surface area contributed by atoms with E-state index in [1.54, 1.807) is 18.2 Å². The van der Waals surface area contributed by atoms with Crippen molar-refractivity contribution >= 4 is 28.6 Å². The smallest absolute Gasteiger partial charge is 0.278 e. The molecule has 0 amide bonds. The van der Waals surface area contributed by atoms with E-state index in [9.17, 15) is 10.1 Å². The van der Waals surface area contributed by atoms with Gasteiger partial charge < -0.3 is 4.57 Å². The molecule has 0 aliphatic heterocycles. The molecule has 138 valence electrons. The molecule has 0 aliphatic carbocycles. The Balaban J connectivity index is 1.65. The predicted molar refractivity (Wildman–Crippen MR) is 110 cm³/mol. The van der Waals surface area contributed by atoms with Crippen LogP contribution < -0.4 is 0 Å². The van der Waals surface area contributed by atoms with E-state index in [-0.39, 0.29) is 5.69 Å². The molecule has 3 aromatic carbocycles. The van der Waals surface area contributed by atoms with E-state index in [2.05, 4.69) is 26.7 Å². The van der Waals surface area contributed by atoms with E-state index >= 15 is 0 Å². The summed E-state index contributed by atoms with van der Waals surface area (Å²) in [6, 6.07) is 22.6. The highest BCUT2D eigenvalue weighted by atomic mass is 16.6. The van der Waals surface area contributed by atoms with Crippen LogP contribution in [-0.4, -0.2) is 20.7 Å². The Bertz CT molecular complexity index is 1180. The number of para-hydroxylation sites is 1. The van der Waals surface area contributed by atoms with Crippen LogP contribution in [0.1, 0.15) is 17.0 Å². The number of rotatable bonds is 5. The van der Waals surface area contributed by atoms with Crippen molar-refractivity contribution in [2.45, 2.75) is 13.5 Å². The summed E-state index contributed by atoms with van der Waals surface area (Å²) in [7, 11) is 0. The van der Waals surface area contributed by atoms with Gasteiger partial charge in [0.2, 0.25) is 0 Å². The topological polar surface area (TPSA) is 73.3 Å². The van der Waals surface area contributed by atoms with Crippen LogP contribution in [0.5, 0.6) is 0 Å². The standard InChI is InChI=1S/C22H18N4O2/c1-16-24-20-13-19(23-14-18-9-5-6-10-21(18)26(27)28)11-12-22(20)25(16)15-17-7-3-2-4-8-17/h2-14H,15H2,1H3. The molecule has 0 spiro atoms. The molecule has 0 saturated carbocycles. The van der Waals surface area contributed by atoms with Gasteiger partial charge in [0.05, 0.1) is 27.2 Å². The van der Waals surface area contributed by atoms with Crippen LogP contribution in [0.2, 0.25) is 0 Å². The van der Waals surface area contributed by atoms with Gasteiger partial charge in [-0.25, -0.2) is 4.98 Å². The maximum Gasteiger partial charge on any atom is 0.278 e. The summed E-state index contributed by atoms with van der Waals surface area (Å²) in [5.41, 5.74) is 4.31. The Hall–Kier alpha value is -3.80. The maximum atomic E-state index is 11.1. The average Bonchev–Trinajstić information content (AvgIpc) is 3.02. The number of nitrogens with zero attached hydrogens (tertiary/aromatic N) is 4. The van der Waals surface area contributed by atoms with Crippen molar-refractivity contribution in [1.29, 1.82) is 0 Å². The van der Waals surface area contributed by atoms with E-state index in [1.165, 1.54) is 17.8 Å². The van der Waals surface area contributed by atoms with Gasteiger partial charge in [0, 0.05) is 18.8 Å². The predicted octanol–water partition coefficient (Wildman–Crippen LogP) is 5.05.